The number of hydrogen-bond acceptors (Lipinski definition) is 3. The van der Waals surface area contributed by atoms with E-state index in [0.29, 0.717) is 11.6 Å². The zero-order valence-electron chi connectivity index (χ0n) is 12.8. The first-order valence-corrected chi connectivity index (χ1v) is 6.78. The van der Waals surface area contributed by atoms with Gasteiger partial charge in [-0.2, -0.15) is 0 Å². The van der Waals surface area contributed by atoms with E-state index in [-0.39, 0.29) is 5.41 Å². The molecule has 106 valence electrons. The summed E-state index contributed by atoms with van der Waals surface area (Å²) in [6.45, 7) is 10.5. The molecule has 0 aliphatic heterocycles. The van der Waals surface area contributed by atoms with E-state index in [4.69, 9.17) is 10.5 Å². The number of nitrogens with two attached hydrogens (primary N) is 1. The van der Waals surface area contributed by atoms with E-state index in [9.17, 15) is 0 Å². The van der Waals surface area contributed by atoms with Crippen molar-refractivity contribution in [3.05, 3.63) is 47.2 Å². The maximum absolute atomic E-state index is 5.99. The molecule has 0 fully saturated rings. The number of nitrogen functional groups attached to an aromatic ring is 1. The molecule has 3 nitrogen and oxygen atoms in total. The second kappa shape index (κ2) is 5.16. The first-order valence-electron chi connectivity index (χ1n) is 6.78. The molecule has 0 aliphatic carbocycles. The molecule has 1 aromatic heterocycles. The van der Waals surface area contributed by atoms with Crippen LogP contribution >= 0.6 is 0 Å². The normalized spacial score (nSPS) is 11.4. The zero-order chi connectivity index (χ0) is 14.9. The number of rotatable bonds is 2. The van der Waals surface area contributed by atoms with Gasteiger partial charge in [-0.15, -0.1) is 0 Å². The molecular weight excluding hydrogens is 248 g/mol. The van der Waals surface area contributed by atoms with Crippen molar-refractivity contribution in [3.8, 4) is 11.6 Å². The molecule has 1 aromatic carbocycles. The second-order valence-corrected chi connectivity index (χ2v) is 6.23. The van der Waals surface area contributed by atoms with Crippen molar-refractivity contribution in [1.82, 2.24) is 4.98 Å². The van der Waals surface area contributed by atoms with Crippen LogP contribution in [0.5, 0.6) is 11.6 Å². The molecular formula is C17H22N2O. The predicted octanol–water partition coefficient (Wildman–Crippen LogP) is 4.37. The largest absolute Gasteiger partial charge is 0.439 e. The average molecular weight is 270 g/mol. The number of benzene rings is 1. The van der Waals surface area contributed by atoms with Crippen molar-refractivity contribution < 1.29 is 4.74 Å². The molecule has 0 saturated heterocycles. The maximum Gasteiger partial charge on any atom is 0.219 e. The Bertz CT molecular complexity index is 627. The Morgan fingerprint density at radius 3 is 2.40 bits per heavy atom. The monoisotopic (exact) mass is 270 g/mol. The van der Waals surface area contributed by atoms with E-state index < -0.39 is 0 Å². The van der Waals surface area contributed by atoms with Gasteiger partial charge in [-0.05, 0) is 36.5 Å². The van der Waals surface area contributed by atoms with Crippen molar-refractivity contribution in [2.75, 3.05) is 5.73 Å². The Balaban J connectivity index is 2.42. The van der Waals surface area contributed by atoms with Gasteiger partial charge in [0.25, 0.3) is 0 Å². The van der Waals surface area contributed by atoms with Crippen LogP contribution in [0.2, 0.25) is 0 Å². The van der Waals surface area contributed by atoms with E-state index in [2.05, 4.69) is 44.8 Å². The maximum atomic E-state index is 5.99. The molecule has 0 saturated carbocycles. The van der Waals surface area contributed by atoms with Crippen LogP contribution in [0.25, 0.3) is 0 Å². The highest BCUT2D eigenvalue weighted by Gasteiger charge is 2.19. The van der Waals surface area contributed by atoms with Crippen LogP contribution in [-0.4, -0.2) is 4.98 Å². The molecule has 0 spiro atoms. The summed E-state index contributed by atoms with van der Waals surface area (Å²) in [7, 11) is 0. The van der Waals surface area contributed by atoms with Gasteiger partial charge in [0.2, 0.25) is 5.88 Å². The minimum absolute atomic E-state index is 0.0197. The van der Waals surface area contributed by atoms with Crippen molar-refractivity contribution in [1.29, 1.82) is 0 Å². The van der Waals surface area contributed by atoms with Crippen LogP contribution in [0.15, 0.2) is 30.5 Å². The molecule has 0 unspecified atom stereocenters. The Morgan fingerprint density at radius 1 is 1.10 bits per heavy atom. The van der Waals surface area contributed by atoms with Crippen LogP contribution in [0.1, 0.15) is 37.5 Å². The molecule has 3 heteroatoms. The lowest BCUT2D eigenvalue weighted by atomic mass is 9.86. The lowest BCUT2D eigenvalue weighted by Crippen LogP contribution is -2.12. The van der Waals surface area contributed by atoms with Crippen molar-refractivity contribution in [2.24, 2.45) is 0 Å². The van der Waals surface area contributed by atoms with Crippen LogP contribution < -0.4 is 10.5 Å². The lowest BCUT2D eigenvalue weighted by Gasteiger charge is -2.23. The summed E-state index contributed by atoms with van der Waals surface area (Å²) in [4.78, 5) is 4.24. The van der Waals surface area contributed by atoms with Crippen LogP contribution in [-0.2, 0) is 5.41 Å². The highest BCUT2D eigenvalue weighted by Crippen LogP contribution is 2.34. The SMILES string of the molecule is Cc1ccc(C(C)(C)C)c(Oc2cc(C)c(N)cn2)c1. The van der Waals surface area contributed by atoms with Crippen LogP contribution in [0, 0.1) is 13.8 Å². The van der Waals surface area contributed by atoms with Crippen molar-refractivity contribution >= 4 is 5.69 Å². The van der Waals surface area contributed by atoms with Crippen LogP contribution in [0.3, 0.4) is 0 Å². The van der Waals surface area contributed by atoms with E-state index in [1.807, 2.05) is 19.1 Å². The first kappa shape index (κ1) is 14.4. The van der Waals surface area contributed by atoms with Gasteiger partial charge in [-0.3, -0.25) is 0 Å². The molecule has 2 N–H and O–H groups in total. The van der Waals surface area contributed by atoms with Gasteiger partial charge >= 0.3 is 0 Å². The molecule has 0 atom stereocenters. The second-order valence-electron chi connectivity index (χ2n) is 6.23. The fourth-order valence-corrected chi connectivity index (χ4v) is 2.04. The third-order valence-corrected chi connectivity index (χ3v) is 3.29. The molecule has 1 heterocycles. The molecule has 0 radical (unpaired) electrons. The van der Waals surface area contributed by atoms with Gasteiger partial charge in [0.05, 0.1) is 11.9 Å². The molecule has 0 amide bonds. The summed E-state index contributed by atoms with van der Waals surface area (Å²) in [5.41, 5.74) is 9.79. The average Bonchev–Trinajstić information content (AvgIpc) is 2.32. The van der Waals surface area contributed by atoms with E-state index >= 15 is 0 Å². The van der Waals surface area contributed by atoms with E-state index in [1.54, 1.807) is 6.20 Å². The Morgan fingerprint density at radius 2 is 1.80 bits per heavy atom. The summed E-state index contributed by atoms with van der Waals surface area (Å²) in [5, 5.41) is 0. The van der Waals surface area contributed by atoms with Gasteiger partial charge in [-0.1, -0.05) is 32.9 Å². The zero-order valence-corrected chi connectivity index (χ0v) is 12.8. The van der Waals surface area contributed by atoms with Crippen molar-refractivity contribution in [2.45, 2.75) is 40.0 Å². The standard InChI is InChI=1S/C17H22N2O/c1-11-6-7-13(17(3,4)5)15(8-11)20-16-9-12(2)14(18)10-19-16/h6-10H,18H2,1-5H3. The summed E-state index contributed by atoms with van der Waals surface area (Å²) < 4.78 is 5.99. The number of hydrogen-bond donors (Lipinski definition) is 1. The molecule has 0 aliphatic rings. The summed E-state index contributed by atoms with van der Waals surface area (Å²) >= 11 is 0. The number of anilines is 1. The number of aryl methyl sites for hydroxylation is 2. The minimum atomic E-state index is 0.0197. The lowest BCUT2D eigenvalue weighted by molar-refractivity contribution is 0.439. The number of aromatic nitrogens is 1. The Kier molecular flexibility index (Phi) is 3.71. The predicted molar refractivity (Wildman–Crippen MR) is 83.3 cm³/mol. The van der Waals surface area contributed by atoms with Crippen LogP contribution in [0.4, 0.5) is 5.69 Å². The third-order valence-electron chi connectivity index (χ3n) is 3.29. The Labute approximate surface area is 120 Å². The summed E-state index contributed by atoms with van der Waals surface area (Å²) in [6, 6.07) is 8.14. The summed E-state index contributed by atoms with van der Waals surface area (Å²) in [5.74, 6) is 1.43. The van der Waals surface area contributed by atoms with E-state index in [0.717, 1.165) is 11.3 Å². The molecule has 2 aromatic rings. The van der Waals surface area contributed by atoms with Gasteiger partial charge in [0.15, 0.2) is 0 Å². The number of ether oxygens (including phenoxy) is 1. The molecule has 20 heavy (non-hydrogen) atoms. The molecule has 0 bridgehead atoms. The fourth-order valence-electron chi connectivity index (χ4n) is 2.04. The van der Waals surface area contributed by atoms with Gasteiger partial charge in [0, 0.05) is 11.6 Å². The minimum Gasteiger partial charge on any atom is -0.439 e. The van der Waals surface area contributed by atoms with Gasteiger partial charge in [-0.25, -0.2) is 4.98 Å². The highest BCUT2D eigenvalue weighted by molar-refractivity contribution is 5.47. The fraction of sp³-hybridized carbons (Fsp3) is 0.353. The van der Waals surface area contributed by atoms with Gasteiger partial charge < -0.3 is 10.5 Å². The van der Waals surface area contributed by atoms with E-state index in [1.165, 1.54) is 11.1 Å². The van der Waals surface area contributed by atoms with Gasteiger partial charge in [0.1, 0.15) is 5.75 Å². The quantitative estimate of drug-likeness (QED) is 0.881. The summed E-state index contributed by atoms with van der Waals surface area (Å²) in [6.07, 6.45) is 1.64. The number of nitrogens with zero attached hydrogens (tertiary/aromatic N) is 1. The molecule has 2 rings (SSSR count). The number of pyridine rings is 1. The first-order chi connectivity index (χ1) is 9.27. The van der Waals surface area contributed by atoms with Crippen molar-refractivity contribution in [3.63, 3.8) is 0 Å². The topological polar surface area (TPSA) is 48.1 Å². The highest BCUT2D eigenvalue weighted by atomic mass is 16.5. The Hall–Kier alpha value is -2.03. The third kappa shape index (κ3) is 3.10. The smallest absolute Gasteiger partial charge is 0.219 e.